The molecule has 0 aliphatic heterocycles. The molecule has 0 fully saturated rings. The first-order valence-corrected chi connectivity index (χ1v) is 7.12. The lowest BCUT2D eigenvalue weighted by atomic mass is 10.2. The van der Waals surface area contributed by atoms with Gasteiger partial charge in [0.25, 0.3) is 0 Å². The molecular formula is C18H19NO. The summed E-state index contributed by atoms with van der Waals surface area (Å²) in [5.74, 6) is 0.926. The van der Waals surface area contributed by atoms with Crippen LogP contribution in [-0.2, 0) is 13.2 Å². The summed E-state index contributed by atoms with van der Waals surface area (Å²) < 4.78 is 8.15. The molecule has 0 saturated heterocycles. The summed E-state index contributed by atoms with van der Waals surface area (Å²) in [6, 6.07) is 18.7. The van der Waals surface area contributed by atoms with Crippen LogP contribution in [0.1, 0.15) is 18.9 Å². The Morgan fingerprint density at radius 1 is 1.00 bits per heavy atom. The van der Waals surface area contributed by atoms with Crippen molar-refractivity contribution >= 4 is 10.9 Å². The summed E-state index contributed by atoms with van der Waals surface area (Å²) in [5, 5.41) is 1.24. The normalized spacial score (nSPS) is 10.8. The number of fused-ring (bicyclic) bond motifs is 1. The maximum absolute atomic E-state index is 5.86. The first kappa shape index (κ1) is 12.8. The summed E-state index contributed by atoms with van der Waals surface area (Å²) in [6.07, 6.45) is 3.30. The van der Waals surface area contributed by atoms with Crippen LogP contribution in [0.15, 0.2) is 60.8 Å². The highest BCUT2D eigenvalue weighted by molar-refractivity contribution is 5.81. The van der Waals surface area contributed by atoms with Gasteiger partial charge in [-0.25, -0.2) is 0 Å². The van der Waals surface area contributed by atoms with E-state index < -0.39 is 0 Å². The molecule has 0 aliphatic rings. The average molecular weight is 265 g/mol. The zero-order valence-electron chi connectivity index (χ0n) is 11.8. The SMILES string of the molecule is CCCn1ccc2cc(OCc3ccccc3)ccc21. The van der Waals surface area contributed by atoms with Gasteiger partial charge >= 0.3 is 0 Å². The fraction of sp³-hybridized carbons (Fsp3) is 0.222. The first-order valence-electron chi connectivity index (χ1n) is 7.12. The minimum absolute atomic E-state index is 0.613. The monoisotopic (exact) mass is 265 g/mol. The maximum Gasteiger partial charge on any atom is 0.120 e. The predicted molar refractivity (Wildman–Crippen MR) is 83.0 cm³/mol. The highest BCUT2D eigenvalue weighted by Crippen LogP contribution is 2.23. The van der Waals surface area contributed by atoms with Crippen LogP contribution in [0.5, 0.6) is 5.75 Å². The standard InChI is InChI=1S/C18H19NO/c1-2-11-19-12-10-16-13-17(8-9-18(16)19)20-14-15-6-4-3-5-7-15/h3-10,12-13H,2,11,14H2,1H3. The third-order valence-electron chi connectivity index (χ3n) is 3.46. The van der Waals surface area contributed by atoms with Gasteiger partial charge in [0.1, 0.15) is 12.4 Å². The third kappa shape index (κ3) is 2.69. The quantitative estimate of drug-likeness (QED) is 0.656. The summed E-state index contributed by atoms with van der Waals surface area (Å²) in [7, 11) is 0. The van der Waals surface area contributed by atoms with E-state index in [0.29, 0.717) is 6.61 Å². The molecular weight excluding hydrogens is 246 g/mol. The van der Waals surface area contributed by atoms with Crippen molar-refractivity contribution in [1.29, 1.82) is 0 Å². The van der Waals surface area contributed by atoms with E-state index in [4.69, 9.17) is 4.74 Å². The van der Waals surface area contributed by atoms with E-state index in [1.807, 2.05) is 18.2 Å². The van der Waals surface area contributed by atoms with Crippen LogP contribution >= 0.6 is 0 Å². The number of hydrogen-bond acceptors (Lipinski definition) is 1. The van der Waals surface area contributed by atoms with Gasteiger partial charge in [0, 0.05) is 23.6 Å². The molecule has 0 spiro atoms. The number of rotatable bonds is 5. The lowest BCUT2D eigenvalue weighted by Crippen LogP contribution is -1.96. The molecule has 0 radical (unpaired) electrons. The third-order valence-corrected chi connectivity index (χ3v) is 3.46. The Labute approximate surface area is 119 Å². The van der Waals surface area contributed by atoms with Crippen molar-refractivity contribution in [2.75, 3.05) is 0 Å². The fourth-order valence-corrected chi connectivity index (χ4v) is 2.44. The zero-order chi connectivity index (χ0) is 13.8. The van der Waals surface area contributed by atoms with Crippen LogP contribution in [0.2, 0.25) is 0 Å². The molecule has 2 heteroatoms. The zero-order valence-corrected chi connectivity index (χ0v) is 11.8. The largest absolute Gasteiger partial charge is 0.489 e. The van der Waals surface area contributed by atoms with E-state index >= 15 is 0 Å². The second-order valence-corrected chi connectivity index (χ2v) is 5.00. The second-order valence-electron chi connectivity index (χ2n) is 5.00. The maximum atomic E-state index is 5.86. The van der Waals surface area contributed by atoms with Crippen molar-refractivity contribution in [3.05, 3.63) is 66.4 Å². The molecule has 20 heavy (non-hydrogen) atoms. The average Bonchev–Trinajstić information content (AvgIpc) is 2.89. The molecule has 3 aromatic rings. The van der Waals surface area contributed by atoms with Crippen LogP contribution in [0.25, 0.3) is 10.9 Å². The summed E-state index contributed by atoms with van der Waals surface area (Å²) >= 11 is 0. The molecule has 3 rings (SSSR count). The molecule has 0 saturated carbocycles. The van der Waals surface area contributed by atoms with E-state index in [1.165, 1.54) is 16.5 Å². The van der Waals surface area contributed by atoms with Crippen molar-refractivity contribution in [3.8, 4) is 5.75 Å². The van der Waals surface area contributed by atoms with E-state index in [-0.39, 0.29) is 0 Å². The van der Waals surface area contributed by atoms with Crippen LogP contribution in [0, 0.1) is 0 Å². The van der Waals surface area contributed by atoms with Gasteiger partial charge in [0.2, 0.25) is 0 Å². The minimum Gasteiger partial charge on any atom is -0.489 e. The smallest absolute Gasteiger partial charge is 0.120 e. The van der Waals surface area contributed by atoms with Gasteiger partial charge in [-0.3, -0.25) is 0 Å². The number of aromatic nitrogens is 1. The van der Waals surface area contributed by atoms with Gasteiger partial charge in [0.15, 0.2) is 0 Å². The van der Waals surface area contributed by atoms with Gasteiger partial charge in [-0.2, -0.15) is 0 Å². The van der Waals surface area contributed by atoms with Gasteiger partial charge in [-0.05, 0) is 36.2 Å². The van der Waals surface area contributed by atoms with Gasteiger partial charge < -0.3 is 9.30 Å². The predicted octanol–water partition coefficient (Wildman–Crippen LogP) is 4.63. The molecule has 0 unspecified atom stereocenters. The number of aryl methyl sites for hydroxylation is 1. The Morgan fingerprint density at radius 2 is 1.85 bits per heavy atom. The van der Waals surface area contributed by atoms with Crippen molar-refractivity contribution in [2.45, 2.75) is 26.5 Å². The summed E-state index contributed by atoms with van der Waals surface area (Å²) in [6.45, 7) is 3.87. The van der Waals surface area contributed by atoms with Crippen molar-refractivity contribution in [3.63, 3.8) is 0 Å². The van der Waals surface area contributed by atoms with Crippen LogP contribution in [0.4, 0.5) is 0 Å². The molecule has 2 aromatic carbocycles. The molecule has 1 heterocycles. The first-order chi connectivity index (χ1) is 9.86. The molecule has 2 nitrogen and oxygen atoms in total. The minimum atomic E-state index is 0.613. The molecule has 0 aliphatic carbocycles. The Kier molecular flexibility index (Phi) is 3.73. The molecule has 0 N–H and O–H groups in total. The highest BCUT2D eigenvalue weighted by atomic mass is 16.5. The number of nitrogens with zero attached hydrogens (tertiary/aromatic N) is 1. The van der Waals surface area contributed by atoms with Crippen molar-refractivity contribution < 1.29 is 4.74 Å². The topological polar surface area (TPSA) is 14.2 Å². The number of hydrogen-bond donors (Lipinski definition) is 0. The lowest BCUT2D eigenvalue weighted by molar-refractivity contribution is 0.306. The van der Waals surface area contributed by atoms with Crippen molar-refractivity contribution in [1.82, 2.24) is 4.57 Å². The van der Waals surface area contributed by atoms with E-state index in [1.54, 1.807) is 0 Å². The van der Waals surface area contributed by atoms with E-state index in [9.17, 15) is 0 Å². The number of benzene rings is 2. The summed E-state index contributed by atoms with van der Waals surface area (Å²) in [4.78, 5) is 0. The second kappa shape index (κ2) is 5.83. The Bertz CT molecular complexity index is 685. The Balaban J connectivity index is 1.76. The Morgan fingerprint density at radius 3 is 2.65 bits per heavy atom. The van der Waals surface area contributed by atoms with Gasteiger partial charge in [-0.1, -0.05) is 37.3 Å². The number of ether oxygens (including phenoxy) is 1. The Hall–Kier alpha value is -2.22. The van der Waals surface area contributed by atoms with Gasteiger partial charge in [0.05, 0.1) is 0 Å². The lowest BCUT2D eigenvalue weighted by Gasteiger charge is -2.07. The van der Waals surface area contributed by atoms with Crippen LogP contribution in [-0.4, -0.2) is 4.57 Å². The molecule has 0 bridgehead atoms. The van der Waals surface area contributed by atoms with E-state index in [0.717, 1.165) is 18.7 Å². The van der Waals surface area contributed by atoms with E-state index in [2.05, 4.69) is 54.1 Å². The fourth-order valence-electron chi connectivity index (χ4n) is 2.44. The van der Waals surface area contributed by atoms with Gasteiger partial charge in [-0.15, -0.1) is 0 Å². The van der Waals surface area contributed by atoms with Crippen LogP contribution < -0.4 is 4.74 Å². The van der Waals surface area contributed by atoms with Crippen LogP contribution in [0.3, 0.4) is 0 Å². The molecule has 0 atom stereocenters. The highest BCUT2D eigenvalue weighted by Gasteiger charge is 2.02. The van der Waals surface area contributed by atoms with Crippen molar-refractivity contribution in [2.24, 2.45) is 0 Å². The molecule has 0 amide bonds. The summed E-state index contributed by atoms with van der Waals surface area (Å²) in [5.41, 5.74) is 2.47. The molecule has 1 aromatic heterocycles. The molecule has 102 valence electrons.